The first-order valence-electron chi connectivity index (χ1n) is 23.1. The molecule has 0 heterocycles. The third-order valence-electron chi connectivity index (χ3n) is 11.2. The van der Waals surface area contributed by atoms with Gasteiger partial charge in [0.15, 0.2) is 0 Å². The number of aliphatic hydroxyl groups excluding tert-OH is 2. The van der Waals surface area contributed by atoms with Crippen molar-refractivity contribution in [2.24, 2.45) is 0 Å². The van der Waals surface area contributed by atoms with E-state index in [-0.39, 0.29) is 26.4 Å². The Labute approximate surface area is 380 Å². The Morgan fingerprint density at radius 1 is 0.453 bits per heavy atom. The van der Waals surface area contributed by atoms with Crippen molar-refractivity contribution >= 4 is 11.9 Å². The van der Waals surface area contributed by atoms with Crippen molar-refractivity contribution in [2.75, 3.05) is 26.4 Å². The molecule has 10 nitrogen and oxygen atoms in total. The van der Waals surface area contributed by atoms with Gasteiger partial charge in [-0.2, -0.15) is 0 Å². The maximum Gasteiger partial charge on any atom is 0.330 e. The second-order valence-electron chi connectivity index (χ2n) is 16.4. The lowest BCUT2D eigenvalue weighted by Crippen LogP contribution is -2.12. The normalized spacial score (nSPS) is 12.0. The van der Waals surface area contributed by atoms with Crippen LogP contribution in [0.3, 0.4) is 0 Å². The van der Waals surface area contributed by atoms with Crippen LogP contribution in [0.4, 0.5) is 0 Å². The number of unbranched alkanes of at least 4 members (excludes halogenated alkanes) is 4. The van der Waals surface area contributed by atoms with Gasteiger partial charge in [0.2, 0.25) is 0 Å². The maximum atomic E-state index is 12.5. The van der Waals surface area contributed by atoms with Gasteiger partial charge in [-0.3, -0.25) is 0 Å². The van der Waals surface area contributed by atoms with Crippen molar-refractivity contribution in [3.05, 3.63) is 141 Å². The summed E-state index contributed by atoms with van der Waals surface area (Å²) in [6.07, 6.45) is 11.0. The highest BCUT2D eigenvalue weighted by Crippen LogP contribution is 2.41. The number of esters is 2. The standard InChI is InChI=1S/C54H68O10/c1-7-13-17-59-51-41-21-37(33-55)23-43(51)30-45-25-39(35-63-49(57)11-5)27-47(53(45)61-19-15-9-3)32-48-28-40(36-64-50(58)12-6)26-46(54(48)62-20-16-10-4)31-44-24-38(34-56)22-42(29-41)52(44)60-18-14-8-2/h11-12,21-28,55-56H,5-10,13-20,29-36H2,1-4H3. The molecule has 4 aromatic carbocycles. The molecule has 5 rings (SSSR count). The van der Waals surface area contributed by atoms with Crippen LogP contribution in [0.1, 0.15) is 146 Å². The van der Waals surface area contributed by atoms with Gasteiger partial charge in [0.25, 0.3) is 0 Å². The Morgan fingerprint density at radius 2 is 0.688 bits per heavy atom. The molecule has 0 atom stereocenters. The second kappa shape index (κ2) is 25.6. The van der Waals surface area contributed by atoms with E-state index < -0.39 is 11.9 Å². The van der Waals surface area contributed by atoms with Crippen LogP contribution < -0.4 is 18.9 Å². The van der Waals surface area contributed by atoms with E-state index >= 15 is 0 Å². The third kappa shape index (κ3) is 13.7. The molecule has 0 radical (unpaired) electrons. The van der Waals surface area contributed by atoms with Crippen LogP contribution in [0.5, 0.6) is 23.0 Å². The molecule has 1 aliphatic rings. The fourth-order valence-electron chi connectivity index (χ4n) is 7.97. The highest BCUT2D eigenvalue weighted by molar-refractivity contribution is 5.81. The van der Waals surface area contributed by atoms with Crippen molar-refractivity contribution in [1.29, 1.82) is 0 Å². The first-order valence-corrected chi connectivity index (χ1v) is 23.1. The van der Waals surface area contributed by atoms with E-state index in [1.807, 2.05) is 48.5 Å². The van der Waals surface area contributed by atoms with E-state index in [2.05, 4.69) is 40.9 Å². The van der Waals surface area contributed by atoms with Gasteiger partial charge in [-0.1, -0.05) is 66.5 Å². The molecule has 0 fully saturated rings. The summed E-state index contributed by atoms with van der Waals surface area (Å²) in [5.74, 6) is 1.82. The summed E-state index contributed by atoms with van der Waals surface area (Å²) in [5.41, 5.74) is 9.96. The minimum Gasteiger partial charge on any atom is -0.493 e. The van der Waals surface area contributed by atoms with E-state index in [1.165, 1.54) is 0 Å². The van der Waals surface area contributed by atoms with Gasteiger partial charge >= 0.3 is 11.9 Å². The molecule has 0 aliphatic heterocycles. The molecule has 0 saturated heterocycles. The first kappa shape index (κ1) is 49.4. The largest absolute Gasteiger partial charge is 0.493 e. The molecule has 4 aromatic rings. The Balaban J connectivity index is 1.91. The van der Waals surface area contributed by atoms with Gasteiger partial charge in [-0.25, -0.2) is 9.59 Å². The summed E-state index contributed by atoms with van der Waals surface area (Å²) in [6.45, 7) is 17.3. The van der Waals surface area contributed by atoms with E-state index in [0.29, 0.717) is 63.6 Å². The van der Waals surface area contributed by atoms with Crippen LogP contribution in [0.2, 0.25) is 0 Å². The van der Waals surface area contributed by atoms with Crippen LogP contribution >= 0.6 is 0 Å². The lowest BCUT2D eigenvalue weighted by Gasteiger charge is -2.25. The number of benzene rings is 4. The number of rotatable bonds is 24. The zero-order valence-electron chi connectivity index (χ0n) is 38.5. The van der Waals surface area contributed by atoms with E-state index in [1.54, 1.807) is 0 Å². The fourth-order valence-corrected chi connectivity index (χ4v) is 7.97. The summed E-state index contributed by atoms with van der Waals surface area (Å²) in [7, 11) is 0. The maximum absolute atomic E-state index is 12.5. The Bertz CT molecular complexity index is 2050. The lowest BCUT2D eigenvalue weighted by atomic mass is 9.88. The number of carbonyl (C=O) groups excluding carboxylic acids is 2. The molecule has 0 saturated carbocycles. The monoisotopic (exact) mass is 876 g/mol. The van der Waals surface area contributed by atoms with Gasteiger partial charge in [-0.05, 0) is 141 Å². The number of carbonyl (C=O) groups is 2. The van der Waals surface area contributed by atoms with Gasteiger partial charge in [0, 0.05) is 37.8 Å². The Hall–Kier alpha value is -5.58. The molecule has 2 N–H and O–H groups in total. The average Bonchev–Trinajstić information content (AvgIpc) is 3.29. The second-order valence-corrected chi connectivity index (χ2v) is 16.4. The summed E-state index contributed by atoms with van der Waals surface area (Å²) in [5, 5.41) is 21.5. The van der Waals surface area contributed by atoms with Crippen LogP contribution in [0.25, 0.3) is 0 Å². The van der Waals surface area contributed by atoms with Crippen molar-refractivity contribution in [2.45, 2.75) is 131 Å². The predicted molar refractivity (Wildman–Crippen MR) is 250 cm³/mol. The topological polar surface area (TPSA) is 130 Å². The molecule has 0 spiro atoms. The smallest absolute Gasteiger partial charge is 0.330 e. The molecule has 64 heavy (non-hydrogen) atoms. The predicted octanol–water partition coefficient (Wildman–Crippen LogP) is 10.5. The molecular formula is C54H68O10. The zero-order chi connectivity index (χ0) is 45.8. The van der Waals surface area contributed by atoms with Gasteiger partial charge in [0.05, 0.1) is 39.6 Å². The summed E-state index contributed by atoms with van der Waals surface area (Å²) < 4.78 is 38.4. The summed E-state index contributed by atoms with van der Waals surface area (Å²) >= 11 is 0. The van der Waals surface area contributed by atoms with Crippen LogP contribution in [0, 0.1) is 0 Å². The molecule has 0 unspecified atom stereocenters. The molecule has 1 aliphatic carbocycles. The van der Waals surface area contributed by atoms with Gasteiger partial charge in [0.1, 0.15) is 36.2 Å². The van der Waals surface area contributed by atoms with Gasteiger partial charge < -0.3 is 38.6 Å². The number of hydrogen-bond acceptors (Lipinski definition) is 10. The molecule has 0 amide bonds. The minimum absolute atomic E-state index is 0.00712. The summed E-state index contributed by atoms with van der Waals surface area (Å²) in [4.78, 5) is 24.9. The summed E-state index contributed by atoms with van der Waals surface area (Å²) in [6, 6.07) is 16.1. The zero-order valence-corrected chi connectivity index (χ0v) is 38.5. The average molecular weight is 877 g/mol. The van der Waals surface area contributed by atoms with Crippen molar-refractivity contribution < 1.29 is 48.2 Å². The number of fused-ring (bicyclic) bond motifs is 8. The molecule has 0 aromatic heterocycles. The lowest BCUT2D eigenvalue weighted by molar-refractivity contribution is -0.139. The SMILES string of the molecule is C=CC(=O)OCc1cc2c(OCCCC)c(c1)Cc1cc(COC(=O)C=C)cc(c1OCCCC)Cc1cc(CO)cc(c1OCCCC)Cc1cc(CO)cc(c1OCCCC)C2. The number of aliphatic hydroxyl groups is 2. The van der Waals surface area contributed by atoms with Crippen molar-refractivity contribution in [3.8, 4) is 23.0 Å². The van der Waals surface area contributed by atoms with Crippen molar-refractivity contribution in [1.82, 2.24) is 0 Å². The highest BCUT2D eigenvalue weighted by atomic mass is 16.5. The molecule has 8 bridgehead atoms. The van der Waals surface area contributed by atoms with Crippen LogP contribution in [-0.2, 0) is 71.2 Å². The van der Waals surface area contributed by atoms with E-state index in [0.717, 1.165) is 142 Å². The number of hydrogen-bond donors (Lipinski definition) is 2. The highest BCUT2D eigenvalue weighted by Gasteiger charge is 2.25. The third-order valence-corrected chi connectivity index (χ3v) is 11.2. The number of ether oxygens (including phenoxy) is 6. The Morgan fingerprint density at radius 3 is 0.891 bits per heavy atom. The molecule has 10 heteroatoms. The van der Waals surface area contributed by atoms with Crippen LogP contribution in [0.15, 0.2) is 73.8 Å². The Kier molecular flexibility index (Phi) is 19.8. The van der Waals surface area contributed by atoms with Gasteiger partial charge in [-0.15, -0.1) is 0 Å². The van der Waals surface area contributed by atoms with E-state index in [4.69, 9.17) is 28.4 Å². The fraction of sp³-hybridized carbons (Fsp3) is 0.444. The molecular weight excluding hydrogens is 809 g/mol. The molecule has 344 valence electrons. The van der Waals surface area contributed by atoms with Crippen LogP contribution in [-0.4, -0.2) is 48.6 Å². The minimum atomic E-state index is -0.531. The van der Waals surface area contributed by atoms with Crippen molar-refractivity contribution in [3.63, 3.8) is 0 Å². The van der Waals surface area contributed by atoms with E-state index in [9.17, 15) is 19.8 Å². The first-order chi connectivity index (χ1) is 31.2. The quantitative estimate of drug-likeness (QED) is 0.0351.